The number of alkyl halides is 2. The van der Waals surface area contributed by atoms with Gasteiger partial charge in [0.25, 0.3) is 0 Å². The fourth-order valence-electron chi connectivity index (χ4n) is 3.78. The van der Waals surface area contributed by atoms with Crippen LogP contribution in [0.4, 0.5) is 8.78 Å². The Morgan fingerprint density at radius 1 is 1.09 bits per heavy atom. The summed E-state index contributed by atoms with van der Waals surface area (Å²) in [6.45, 7) is -2.99. The standard InChI is InChI=1S/C23H21F2NO5S/c1-29-16-5-2-4-15(13-16)22-18-12-14(10-11-32(26,27)28)8-9-17(18)21-19(30-22)6-3-7-20(21)31-23(24)25/h2-9,12-13,22-23H,10-11H2,1H3,(H2,26,27,28). The first-order valence-corrected chi connectivity index (χ1v) is 11.5. The van der Waals surface area contributed by atoms with E-state index in [1.54, 1.807) is 37.4 Å². The van der Waals surface area contributed by atoms with Crippen molar-refractivity contribution in [2.75, 3.05) is 12.9 Å². The molecule has 2 N–H and O–H groups in total. The van der Waals surface area contributed by atoms with Crippen molar-refractivity contribution in [3.63, 3.8) is 0 Å². The van der Waals surface area contributed by atoms with E-state index in [4.69, 9.17) is 19.3 Å². The molecule has 0 aromatic heterocycles. The van der Waals surface area contributed by atoms with Crippen LogP contribution in [0.2, 0.25) is 0 Å². The van der Waals surface area contributed by atoms with Gasteiger partial charge in [-0.05, 0) is 41.8 Å². The van der Waals surface area contributed by atoms with Crippen molar-refractivity contribution >= 4 is 10.0 Å². The van der Waals surface area contributed by atoms with Gasteiger partial charge in [0.1, 0.15) is 23.4 Å². The van der Waals surface area contributed by atoms with Crippen molar-refractivity contribution in [1.29, 1.82) is 0 Å². The predicted molar refractivity (Wildman–Crippen MR) is 116 cm³/mol. The molecular formula is C23H21F2NO5S. The fraction of sp³-hybridized carbons (Fsp3) is 0.217. The van der Waals surface area contributed by atoms with Gasteiger partial charge in [-0.15, -0.1) is 0 Å². The first-order chi connectivity index (χ1) is 15.2. The molecule has 1 atom stereocenters. The molecule has 0 saturated carbocycles. The van der Waals surface area contributed by atoms with Crippen LogP contribution in [0, 0.1) is 0 Å². The number of primary sulfonamides is 1. The monoisotopic (exact) mass is 461 g/mol. The van der Waals surface area contributed by atoms with E-state index < -0.39 is 22.7 Å². The minimum Gasteiger partial charge on any atom is -0.497 e. The van der Waals surface area contributed by atoms with E-state index >= 15 is 0 Å². The molecule has 1 unspecified atom stereocenters. The Bertz CT molecular complexity index is 1250. The summed E-state index contributed by atoms with van der Waals surface area (Å²) in [6.07, 6.45) is -0.359. The van der Waals surface area contributed by atoms with Crippen LogP contribution in [0.3, 0.4) is 0 Å². The van der Waals surface area contributed by atoms with Crippen molar-refractivity contribution in [2.45, 2.75) is 19.1 Å². The summed E-state index contributed by atoms with van der Waals surface area (Å²) >= 11 is 0. The smallest absolute Gasteiger partial charge is 0.387 e. The van der Waals surface area contributed by atoms with E-state index in [2.05, 4.69) is 0 Å². The Hall–Kier alpha value is -3.17. The van der Waals surface area contributed by atoms with Gasteiger partial charge in [0, 0.05) is 11.1 Å². The number of hydrogen-bond donors (Lipinski definition) is 1. The quantitative estimate of drug-likeness (QED) is 0.568. The average Bonchev–Trinajstić information content (AvgIpc) is 2.76. The SMILES string of the molecule is COc1cccc(C2Oc3cccc(OC(F)F)c3-c3ccc(CCS(N)(=O)=O)cc32)c1. The van der Waals surface area contributed by atoms with Crippen molar-refractivity contribution < 1.29 is 31.4 Å². The van der Waals surface area contributed by atoms with E-state index in [0.717, 1.165) is 11.1 Å². The van der Waals surface area contributed by atoms with Gasteiger partial charge in [0.05, 0.1) is 18.4 Å². The maximum absolute atomic E-state index is 13.0. The molecule has 0 spiro atoms. The molecule has 168 valence electrons. The molecule has 32 heavy (non-hydrogen) atoms. The summed E-state index contributed by atoms with van der Waals surface area (Å²) in [5.41, 5.74) is 3.29. The zero-order valence-corrected chi connectivity index (χ0v) is 17.9. The molecule has 3 aromatic carbocycles. The molecule has 6 nitrogen and oxygen atoms in total. The lowest BCUT2D eigenvalue weighted by Crippen LogP contribution is -2.19. The Morgan fingerprint density at radius 3 is 2.59 bits per heavy atom. The number of hydrogen-bond acceptors (Lipinski definition) is 5. The highest BCUT2D eigenvalue weighted by Gasteiger charge is 2.31. The van der Waals surface area contributed by atoms with Crippen molar-refractivity contribution in [1.82, 2.24) is 0 Å². The predicted octanol–water partition coefficient (Wildman–Crippen LogP) is 4.28. The Kier molecular flexibility index (Phi) is 6.03. The molecule has 9 heteroatoms. The Balaban J connectivity index is 1.86. The number of fused-ring (bicyclic) bond motifs is 3. The molecule has 0 saturated heterocycles. The van der Waals surface area contributed by atoms with Gasteiger partial charge in [-0.1, -0.05) is 36.4 Å². The number of methoxy groups -OCH3 is 1. The van der Waals surface area contributed by atoms with Gasteiger partial charge >= 0.3 is 6.61 Å². The van der Waals surface area contributed by atoms with Crippen LogP contribution in [-0.2, 0) is 16.4 Å². The number of sulfonamides is 1. The second-order valence-corrected chi connectivity index (χ2v) is 9.05. The molecule has 1 aliphatic rings. The fourth-order valence-corrected chi connectivity index (χ4v) is 4.30. The molecule has 0 aliphatic carbocycles. The number of benzene rings is 3. The minimum atomic E-state index is -3.64. The molecular weight excluding hydrogens is 440 g/mol. The van der Waals surface area contributed by atoms with Gasteiger partial charge in [0.15, 0.2) is 0 Å². The molecule has 1 heterocycles. The van der Waals surface area contributed by atoms with Gasteiger partial charge in [0.2, 0.25) is 10.0 Å². The van der Waals surface area contributed by atoms with Crippen LogP contribution in [0.25, 0.3) is 11.1 Å². The number of halogens is 2. The number of aryl methyl sites for hydroxylation is 1. The molecule has 0 fully saturated rings. The molecule has 0 radical (unpaired) electrons. The third-order valence-electron chi connectivity index (χ3n) is 5.19. The summed E-state index contributed by atoms with van der Waals surface area (Å²) < 4.78 is 65.2. The van der Waals surface area contributed by atoms with Crippen LogP contribution in [0.15, 0.2) is 60.7 Å². The normalized spacial score (nSPS) is 15.0. The number of ether oxygens (including phenoxy) is 3. The van der Waals surface area contributed by atoms with Crippen LogP contribution in [-0.4, -0.2) is 27.9 Å². The topological polar surface area (TPSA) is 87.8 Å². The highest BCUT2D eigenvalue weighted by molar-refractivity contribution is 7.89. The molecule has 0 amide bonds. The Morgan fingerprint density at radius 2 is 1.88 bits per heavy atom. The second-order valence-electron chi connectivity index (χ2n) is 7.32. The third kappa shape index (κ3) is 4.68. The summed E-state index contributed by atoms with van der Waals surface area (Å²) in [7, 11) is -2.08. The minimum absolute atomic E-state index is 0.000119. The largest absolute Gasteiger partial charge is 0.497 e. The highest BCUT2D eigenvalue weighted by Crippen LogP contribution is 2.49. The van der Waals surface area contributed by atoms with Gasteiger partial charge in [-0.3, -0.25) is 0 Å². The van der Waals surface area contributed by atoms with Crippen LogP contribution in [0.5, 0.6) is 17.2 Å². The summed E-state index contributed by atoms with van der Waals surface area (Å²) in [4.78, 5) is 0. The lowest BCUT2D eigenvalue weighted by Gasteiger charge is -2.31. The first kappa shape index (κ1) is 22.0. The third-order valence-corrected chi connectivity index (χ3v) is 5.96. The maximum atomic E-state index is 13.0. The summed E-state index contributed by atoms with van der Waals surface area (Å²) in [5, 5.41) is 5.15. The zero-order chi connectivity index (χ0) is 22.9. The van der Waals surface area contributed by atoms with Crippen LogP contribution in [0.1, 0.15) is 22.8 Å². The van der Waals surface area contributed by atoms with Crippen molar-refractivity contribution in [2.24, 2.45) is 5.14 Å². The van der Waals surface area contributed by atoms with Crippen molar-refractivity contribution in [3.8, 4) is 28.4 Å². The molecule has 1 aliphatic heterocycles. The van der Waals surface area contributed by atoms with Crippen LogP contribution >= 0.6 is 0 Å². The number of rotatable bonds is 7. The maximum Gasteiger partial charge on any atom is 0.387 e. The molecule has 4 rings (SSSR count). The van der Waals surface area contributed by atoms with Crippen LogP contribution < -0.4 is 19.3 Å². The van der Waals surface area contributed by atoms with Gasteiger partial charge in [-0.25, -0.2) is 13.6 Å². The van der Waals surface area contributed by atoms with E-state index in [0.29, 0.717) is 28.2 Å². The number of nitrogens with two attached hydrogens (primary N) is 1. The van der Waals surface area contributed by atoms with Gasteiger partial charge in [-0.2, -0.15) is 8.78 Å². The lowest BCUT2D eigenvalue weighted by atomic mass is 9.87. The average molecular weight is 461 g/mol. The van der Waals surface area contributed by atoms with E-state index in [1.165, 1.54) is 6.07 Å². The summed E-state index contributed by atoms with van der Waals surface area (Å²) in [6, 6.07) is 17.4. The van der Waals surface area contributed by atoms with E-state index in [-0.39, 0.29) is 17.9 Å². The lowest BCUT2D eigenvalue weighted by molar-refractivity contribution is -0.0496. The Labute approximate surface area is 184 Å². The molecule has 0 bridgehead atoms. The van der Waals surface area contributed by atoms with E-state index in [9.17, 15) is 17.2 Å². The second kappa shape index (κ2) is 8.76. The highest BCUT2D eigenvalue weighted by atomic mass is 32.2. The van der Waals surface area contributed by atoms with Crippen molar-refractivity contribution in [3.05, 3.63) is 77.4 Å². The first-order valence-electron chi connectivity index (χ1n) is 9.77. The van der Waals surface area contributed by atoms with E-state index in [1.807, 2.05) is 24.3 Å². The van der Waals surface area contributed by atoms with Gasteiger partial charge < -0.3 is 14.2 Å². The zero-order valence-electron chi connectivity index (χ0n) is 17.1. The summed E-state index contributed by atoms with van der Waals surface area (Å²) in [5.74, 6) is 0.826. The molecule has 3 aromatic rings.